The van der Waals surface area contributed by atoms with Crippen LogP contribution >= 0.6 is 15.9 Å². The van der Waals surface area contributed by atoms with E-state index >= 15 is 0 Å². The SMILES string of the molecule is O=[N+]([O-])c1ncc(Br)cc1-n1ccnc1. The van der Waals surface area contributed by atoms with E-state index in [2.05, 4.69) is 25.9 Å². The van der Waals surface area contributed by atoms with Crippen molar-refractivity contribution in [2.24, 2.45) is 0 Å². The first-order valence-electron chi connectivity index (χ1n) is 3.97. The summed E-state index contributed by atoms with van der Waals surface area (Å²) in [5.74, 6) is -0.198. The molecule has 0 amide bonds. The Balaban J connectivity index is 2.63. The van der Waals surface area contributed by atoms with Crippen LogP contribution < -0.4 is 0 Å². The van der Waals surface area contributed by atoms with Crippen molar-refractivity contribution in [3.05, 3.63) is 45.6 Å². The second-order valence-electron chi connectivity index (χ2n) is 2.72. The third-order valence-electron chi connectivity index (χ3n) is 1.77. The Labute approximate surface area is 92.9 Å². The molecule has 0 saturated heterocycles. The van der Waals surface area contributed by atoms with Crippen molar-refractivity contribution in [1.82, 2.24) is 14.5 Å². The molecule has 0 N–H and O–H groups in total. The quantitative estimate of drug-likeness (QED) is 0.616. The van der Waals surface area contributed by atoms with Crippen LogP contribution in [0.2, 0.25) is 0 Å². The fourth-order valence-corrected chi connectivity index (χ4v) is 1.47. The van der Waals surface area contributed by atoms with E-state index in [1.807, 2.05) is 0 Å². The van der Waals surface area contributed by atoms with E-state index in [-0.39, 0.29) is 5.82 Å². The van der Waals surface area contributed by atoms with Gasteiger partial charge in [0.1, 0.15) is 5.69 Å². The van der Waals surface area contributed by atoms with Gasteiger partial charge in [-0.15, -0.1) is 0 Å². The number of pyridine rings is 1. The third-order valence-corrected chi connectivity index (χ3v) is 2.20. The highest BCUT2D eigenvalue weighted by Gasteiger charge is 2.16. The Morgan fingerprint density at radius 1 is 1.53 bits per heavy atom. The Morgan fingerprint density at radius 2 is 2.33 bits per heavy atom. The van der Waals surface area contributed by atoms with E-state index < -0.39 is 4.92 Å². The molecule has 0 saturated carbocycles. The first-order chi connectivity index (χ1) is 7.18. The summed E-state index contributed by atoms with van der Waals surface area (Å²) in [5, 5.41) is 10.7. The van der Waals surface area contributed by atoms with Crippen LogP contribution in [0.4, 0.5) is 5.82 Å². The summed E-state index contributed by atoms with van der Waals surface area (Å²) in [7, 11) is 0. The lowest BCUT2D eigenvalue weighted by Crippen LogP contribution is -2.00. The molecule has 2 aromatic rings. The summed E-state index contributed by atoms with van der Waals surface area (Å²) < 4.78 is 2.22. The number of rotatable bonds is 2. The Hall–Kier alpha value is -1.76. The van der Waals surface area contributed by atoms with Gasteiger partial charge >= 0.3 is 5.82 Å². The molecule has 7 heteroatoms. The molecule has 76 valence electrons. The van der Waals surface area contributed by atoms with Crippen LogP contribution in [0.3, 0.4) is 0 Å². The lowest BCUT2D eigenvalue weighted by Gasteiger charge is -2.02. The zero-order valence-corrected chi connectivity index (χ0v) is 8.96. The minimum absolute atomic E-state index is 0.198. The van der Waals surface area contributed by atoms with Gasteiger partial charge in [-0.05, 0) is 31.9 Å². The maximum Gasteiger partial charge on any atom is 0.387 e. The summed E-state index contributed by atoms with van der Waals surface area (Å²) in [5.41, 5.74) is 0.381. The highest BCUT2D eigenvalue weighted by molar-refractivity contribution is 9.10. The number of nitro groups is 1. The van der Waals surface area contributed by atoms with Crippen LogP contribution in [0.1, 0.15) is 0 Å². The fraction of sp³-hybridized carbons (Fsp3) is 0. The molecule has 0 fully saturated rings. The van der Waals surface area contributed by atoms with Gasteiger partial charge in [-0.25, -0.2) is 4.98 Å². The standard InChI is InChI=1S/C8H5BrN4O2/c9-6-3-7(12-2-1-10-5-12)8(11-4-6)13(14)15/h1-5H. The number of halogens is 1. The van der Waals surface area contributed by atoms with Crippen LogP contribution in [-0.4, -0.2) is 19.5 Å². The molecule has 0 radical (unpaired) electrons. The third kappa shape index (κ3) is 1.86. The Kier molecular flexibility index (Phi) is 2.46. The highest BCUT2D eigenvalue weighted by Crippen LogP contribution is 2.23. The van der Waals surface area contributed by atoms with Crippen molar-refractivity contribution in [1.29, 1.82) is 0 Å². The molecule has 0 aliphatic rings. The van der Waals surface area contributed by atoms with Gasteiger partial charge in [0.15, 0.2) is 6.20 Å². The monoisotopic (exact) mass is 268 g/mol. The van der Waals surface area contributed by atoms with Crippen LogP contribution in [-0.2, 0) is 0 Å². The van der Waals surface area contributed by atoms with Crippen LogP contribution in [0, 0.1) is 10.1 Å². The van der Waals surface area contributed by atoms with E-state index in [1.165, 1.54) is 17.1 Å². The van der Waals surface area contributed by atoms with E-state index in [4.69, 9.17) is 0 Å². The lowest BCUT2D eigenvalue weighted by atomic mass is 10.4. The second kappa shape index (κ2) is 3.77. The number of hydrogen-bond acceptors (Lipinski definition) is 4. The molecule has 0 spiro atoms. The molecule has 0 unspecified atom stereocenters. The zero-order valence-electron chi connectivity index (χ0n) is 7.37. The van der Waals surface area contributed by atoms with E-state index in [9.17, 15) is 10.1 Å². The van der Waals surface area contributed by atoms with Crippen LogP contribution in [0.25, 0.3) is 5.69 Å². The van der Waals surface area contributed by atoms with Gasteiger partial charge in [0.2, 0.25) is 0 Å². The van der Waals surface area contributed by atoms with Gasteiger partial charge in [-0.1, -0.05) is 0 Å². The van der Waals surface area contributed by atoms with Crippen molar-refractivity contribution >= 4 is 21.7 Å². The maximum absolute atomic E-state index is 10.7. The van der Waals surface area contributed by atoms with Crippen molar-refractivity contribution in [3.63, 3.8) is 0 Å². The number of imidazole rings is 1. The predicted octanol–water partition coefficient (Wildman–Crippen LogP) is 1.94. The Bertz CT molecular complexity index is 497. The molecule has 0 atom stereocenters. The summed E-state index contributed by atoms with van der Waals surface area (Å²) in [6.07, 6.45) is 6.04. The van der Waals surface area contributed by atoms with Crippen molar-refractivity contribution in [3.8, 4) is 5.69 Å². The summed E-state index contributed by atoms with van der Waals surface area (Å²) in [6.45, 7) is 0. The molecular formula is C8H5BrN4O2. The molecule has 15 heavy (non-hydrogen) atoms. The molecule has 2 aromatic heterocycles. The van der Waals surface area contributed by atoms with E-state index in [1.54, 1.807) is 18.5 Å². The van der Waals surface area contributed by atoms with Gasteiger partial charge in [0.05, 0.1) is 10.8 Å². The molecule has 0 aromatic carbocycles. The number of hydrogen-bond donors (Lipinski definition) is 0. The average molecular weight is 269 g/mol. The van der Waals surface area contributed by atoms with Crippen molar-refractivity contribution in [2.75, 3.05) is 0 Å². The molecule has 0 aliphatic heterocycles. The van der Waals surface area contributed by atoms with Gasteiger partial charge in [0, 0.05) is 12.4 Å². The van der Waals surface area contributed by atoms with Gasteiger partial charge in [-0.3, -0.25) is 4.57 Å². The van der Waals surface area contributed by atoms with Crippen molar-refractivity contribution < 1.29 is 4.92 Å². The van der Waals surface area contributed by atoms with Crippen LogP contribution in [0.5, 0.6) is 0 Å². The summed E-state index contributed by atoms with van der Waals surface area (Å²) in [4.78, 5) is 17.8. The second-order valence-corrected chi connectivity index (χ2v) is 3.64. The smallest absolute Gasteiger partial charge is 0.358 e. The lowest BCUT2D eigenvalue weighted by molar-refractivity contribution is -0.389. The molecule has 2 heterocycles. The highest BCUT2D eigenvalue weighted by atomic mass is 79.9. The summed E-state index contributed by atoms with van der Waals surface area (Å²) in [6, 6.07) is 1.62. The fourth-order valence-electron chi connectivity index (χ4n) is 1.15. The first-order valence-corrected chi connectivity index (χ1v) is 4.76. The van der Waals surface area contributed by atoms with E-state index in [0.29, 0.717) is 10.2 Å². The molecule has 2 rings (SSSR count). The predicted molar refractivity (Wildman–Crippen MR) is 55.7 cm³/mol. The molecule has 0 bridgehead atoms. The Morgan fingerprint density at radius 3 is 2.93 bits per heavy atom. The number of nitrogens with zero attached hydrogens (tertiary/aromatic N) is 4. The summed E-state index contributed by atoms with van der Waals surface area (Å²) >= 11 is 3.21. The van der Waals surface area contributed by atoms with E-state index in [0.717, 1.165) is 0 Å². The largest absolute Gasteiger partial charge is 0.387 e. The minimum atomic E-state index is -0.526. The van der Waals surface area contributed by atoms with Gasteiger partial charge in [0.25, 0.3) is 0 Å². The number of aromatic nitrogens is 3. The zero-order chi connectivity index (χ0) is 10.8. The van der Waals surface area contributed by atoms with Gasteiger partial charge in [-0.2, -0.15) is 0 Å². The first kappa shape index (κ1) is 9.78. The van der Waals surface area contributed by atoms with Crippen molar-refractivity contribution in [2.45, 2.75) is 0 Å². The molecule has 0 aliphatic carbocycles. The normalized spacial score (nSPS) is 10.2. The minimum Gasteiger partial charge on any atom is -0.358 e. The topological polar surface area (TPSA) is 73.8 Å². The van der Waals surface area contributed by atoms with Gasteiger partial charge < -0.3 is 10.1 Å². The molecule has 6 nitrogen and oxygen atoms in total. The van der Waals surface area contributed by atoms with Crippen LogP contribution in [0.15, 0.2) is 35.5 Å². The maximum atomic E-state index is 10.7. The average Bonchev–Trinajstić information content (AvgIpc) is 2.69. The molecular weight excluding hydrogens is 264 g/mol.